The highest BCUT2D eigenvalue weighted by molar-refractivity contribution is 4.94. The molecule has 0 aliphatic heterocycles. The van der Waals surface area contributed by atoms with Gasteiger partial charge < -0.3 is 0 Å². The van der Waals surface area contributed by atoms with Crippen LogP contribution in [0.1, 0.15) is 52.4 Å². The summed E-state index contributed by atoms with van der Waals surface area (Å²) in [7, 11) is 0. The summed E-state index contributed by atoms with van der Waals surface area (Å²) in [6.07, 6.45) is 14.6. The molecular formula is C13H24. The van der Waals surface area contributed by atoms with Crippen LogP contribution in [0.5, 0.6) is 0 Å². The van der Waals surface area contributed by atoms with E-state index in [1.807, 2.05) is 6.08 Å². The largest absolute Gasteiger partial charge is 0.102 e. The Morgan fingerprint density at radius 1 is 1.15 bits per heavy atom. The first-order chi connectivity index (χ1) is 6.31. The fourth-order valence-corrected chi connectivity index (χ4v) is 1.26. The van der Waals surface area contributed by atoms with E-state index in [0.717, 1.165) is 0 Å². The second kappa shape index (κ2) is 9.57. The number of hydrogen-bond donors (Lipinski definition) is 0. The molecule has 0 aromatic rings. The zero-order chi connectivity index (χ0) is 9.94. The molecule has 13 heavy (non-hydrogen) atoms. The second-order valence-corrected chi connectivity index (χ2v) is 3.73. The zero-order valence-electron chi connectivity index (χ0n) is 9.26. The highest BCUT2D eigenvalue weighted by atomic mass is 13.9. The molecule has 0 aromatic heterocycles. The normalized spacial score (nSPS) is 13.4. The molecule has 0 N–H and O–H groups in total. The maximum atomic E-state index is 3.75. The van der Waals surface area contributed by atoms with Crippen LogP contribution in [0.4, 0.5) is 0 Å². The van der Waals surface area contributed by atoms with E-state index >= 15 is 0 Å². The van der Waals surface area contributed by atoms with Gasteiger partial charge in [-0.25, -0.2) is 0 Å². The summed E-state index contributed by atoms with van der Waals surface area (Å²) < 4.78 is 0. The molecule has 0 radical (unpaired) electrons. The summed E-state index contributed by atoms with van der Waals surface area (Å²) in [5.41, 5.74) is 0. The van der Waals surface area contributed by atoms with Gasteiger partial charge in [-0.15, -0.1) is 6.58 Å². The van der Waals surface area contributed by atoms with Gasteiger partial charge in [-0.2, -0.15) is 0 Å². The molecule has 0 aliphatic rings. The minimum Gasteiger partial charge on any atom is -0.102 e. The van der Waals surface area contributed by atoms with Crippen molar-refractivity contribution in [2.45, 2.75) is 52.4 Å². The SMILES string of the molecule is C=CC(C)/C=C/CCCCCCC. The molecule has 1 atom stereocenters. The number of rotatable bonds is 8. The maximum Gasteiger partial charge on any atom is -0.00846 e. The molecule has 0 amide bonds. The van der Waals surface area contributed by atoms with E-state index in [0.29, 0.717) is 5.92 Å². The standard InChI is InChI=1S/C13H24/c1-4-6-7-8-9-10-11-12-13(3)5-2/h5,11-13H,2,4,6-10H2,1,3H3/b12-11+. The Hall–Kier alpha value is -0.520. The van der Waals surface area contributed by atoms with Crippen molar-refractivity contribution >= 4 is 0 Å². The average Bonchev–Trinajstić information content (AvgIpc) is 2.16. The fourth-order valence-electron chi connectivity index (χ4n) is 1.26. The van der Waals surface area contributed by atoms with Gasteiger partial charge in [0.15, 0.2) is 0 Å². The predicted molar refractivity (Wildman–Crippen MR) is 61.9 cm³/mol. The lowest BCUT2D eigenvalue weighted by atomic mass is 10.1. The molecule has 0 rings (SSSR count). The van der Waals surface area contributed by atoms with Gasteiger partial charge in [0.2, 0.25) is 0 Å². The lowest BCUT2D eigenvalue weighted by Crippen LogP contribution is -1.80. The third kappa shape index (κ3) is 9.39. The Morgan fingerprint density at radius 2 is 1.85 bits per heavy atom. The first-order valence-corrected chi connectivity index (χ1v) is 5.60. The molecule has 0 bridgehead atoms. The quantitative estimate of drug-likeness (QED) is 0.374. The van der Waals surface area contributed by atoms with Crippen LogP contribution < -0.4 is 0 Å². The molecule has 0 saturated heterocycles. The van der Waals surface area contributed by atoms with Gasteiger partial charge in [-0.1, -0.05) is 57.8 Å². The molecule has 76 valence electrons. The van der Waals surface area contributed by atoms with Crippen molar-refractivity contribution in [3.8, 4) is 0 Å². The van der Waals surface area contributed by atoms with Gasteiger partial charge in [-0.05, 0) is 18.8 Å². The van der Waals surface area contributed by atoms with Crippen LogP contribution in [-0.4, -0.2) is 0 Å². The lowest BCUT2D eigenvalue weighted by molar-refractivity contribution is 0.636. The minimum absolute atomic E-state index is 0.538. The Balaban J connectivity index is 3.15. The van der Waals surface area contributed by atoms with Gasteiger partial charge in [0.05, 0.1) is 0 Å². The van der Waals surface area contributed by atoms with Crippen LogP contribution >= 0.6 is 0 Å². The Labute approximate surface area is 83.7 Å². The van der Waals surface area contributed by atoms with E-state index in [1.165, 1.54) is 38.5 Å². The molecule has 1 unspecified atom stereocenters. The molecule has 0 heteroatoms. The minimum atomic E-state index is 0.538. The van der Waals surface area contributed by atoms with Crippen LogP contribution in [0.25, 0.3) is 0 Å². The third-order valence-corrected chi connectivity index (χ3v) is 2.29. The second-order valence-electron chi connectivity index (χ2n) is 3.73. The maximum absolute atomic E-state index is 3.75. The topological polar surface area (TPSA) is 0 Å². The van der Waals surface area contributed by atoms with Crippen molar-refractivity contribution in [1.29, 1.82) is 0 Å². The number of allylic oxidation sites excluding steroid dienone is 3. The van der Waals surface area contributed by atoms with Gasteiger partial charge in [0.25, 0.3) is 0 Å². The van der Waals surface area contributed by atoms with E-state index in [9.17, 15) is 0 Å². The Kier molecular flexibility index (Phi) is 9.18. The molecule has 0 nitrogen and oxygen atoms in total. The van der Waals surface area contributed by atoms with Crippen LogP contribution in [0.3, 0.4) is 0 Å². The highest BCUT2D eigenvalue weighted by Gasteiger charge is 1.88. The molecule has 0 fully saturated rings. The summed E-state index contributed by atoms with van der Waals surface area (Å²) in [4.78, 5) is 0. The summed E-state index contributed by atoms with van der Waals surface area (Å²) in [6.45, 7) is 8.17. The van der Waals surface area contributed by atoms with Gasteiger partial charge in [0, 0.05) is 0 Å². The van der Waals surface area contributed by atoms with E-state index in [1.54, 1.807) is 0 Å². The van der Waals surface area contributed by atoms with Crippen LogP contribution in [0.2, 0.25) is 0 Å². The van der Waals surface area contributed by atoms with E-state index in [4.69, 9.17) is 0 Å². The monoisotopic (exact) mass is 180 g/mol. The van der Waals surface area contributed by atoms with Crippen molar-refractivity contribution < 1.29 is 0 Å². The summed E-state index contributed by atoms with van der Waals surface area (Å²) in [5, 5.41) is 0. The molecular weight excluding hydrogens is 156 g/mol. The molecule has 0 aliphatic carbocycles. The van der Waals surface area contributed by atoms with Gasteiger partial charge >= 0.3 is 0 Å². The van der Waals surface area contributed by atoms with Crippen molar-refractivity contribution in [2.24, 2.45) is 5.92 Å². The van der Waals surface area contributed by atoms with Crippen LogP contribution in [-0.2, 0) is 0 Å². The van der Waals surface area contributed by atoms with E-state index < -0.39 is 0 Å². The zero-order valence-corrected chi connectivity index (χ0v) is 9.26. The van der Waals surface area contributed by atoms with Gasteiger partial charge in [0.1, 0.15) is 0 Å². The van der Waals surface area contributed by atoms with Crippen molar-refractivity contribution in [2.75, 3.05) is 0 Å². The fraction of sp³-hybridized carbons (Fsp3) is 0.692. The Morgan fingerprint density at radius 3 is 2.46 bits per heavy atom. The molecule has 0 saturated carbocycles. The predicted octanol–water partition coefficient (Wildman–Crippen LogP) is 4.73. The summed E-state index contributed by atoms with van der Waals surface area (Å²) >= 11 is 0. The smallest absolute Gasteiger partial charge is 0.00846 e. The lowest BCUT2D eigenvalue weighted by Gasteiger charge is -1.97. The van der Waals surface area contributed by atoms with Crippen molar-refractivity contribution in [3.05, 3.63) is 24.8 Å². The van der Waals surface area contributed by atoms with E-state index in [-0.39, 0.29) is 0 Å². The molecule has 0 aromatic carbocycles. The summed E-state index contributed by atoms with van der Waals surface area (Å²) in [6, 6.07) is 0. The average molecular weight is 180 g/mol. The number of unbranched alkanes of at least 4 members (excludes halogenated alkanes) is 5. The van der Waals surface area contributed by atoms with E-state index in [2.05, 4.69) is 32.6 Å². The third-order valence-electron chi connectivity index (χ3n) is 2.29. The highest BCUT2D eigenvalue weighted by Crippen LogP contribution is 2.06. The van der Waals surface area contributed by atoms with Crippen LogP contribution in [0, 0.1) is 5.92 Å². The number of hydrogen-bond acceptors (Lipinski definition) is 0. The van der Waals surface area contributed by atoms with Gasteiger partial charge in [-0.3, -0.25) is 0 Å². The first-order valence-electron chi connectivity index (χ1n) is 5.60. The van der Waals surface area contributed by atoms with Crippen molar-refractivity contribution in [3.63, 3.8) is 0 Å². The Bertz CT molecular complexity index is 133. The first kappa shape index (κ1) is 12.5. The van der Waals surface area contributed by atoms with Crippen molar-refractivity contribution in [1.82, 2.24) is 0 Å². The molecule has 0 heterocycles. The van der Waals surface area contributed by atoms with Crippen LogP contribution in [0.15, 0.2) is 24.8 Å². The molecule has 0 spiro atoms. The summed E-state index contributed by atoms with van der Waals surface area (Å²) in [5.74, 6) is 0.538.